The Morgan fingerprint density at radius 3 is 2.24 bits per heavy atom. The predicted molar refractivity (Wildman–Crippen MR) is 160 cm³/mol. The third-order valence-corrected chi connectivity index (χ3v) is 8.66. The normalized spacial score (nSPS) is 18.7. The van der Waals surface area contributed by atoms with E-state index in [-0.39, 0.29) is 19.0 Å². The molecule has 0 unspecified atom stereocenters. The van der Waals surface area contributed by atoms with Crippen molar-refractivity contribution in [2.45, 2.75) is 33.4 Å². The number of nitrogens with zero attached hydrogens (tertiary/aromatic N) is 2. The minimum Gasteiger partial charge on any atom is -0.489 e. The number of amides is 2. The Bertz CT molecular complexity index is 1600. The first-order valence-electron chi connectivity index (χ1n) is 13.1. The summed E-state index contributed by atoms with van der Waals surface area (Å²) >= 11 is 1.24. The van der Waals surface area contributed by atoms with Crippen LogP contribution in [0.4, 0.5) is 5.69 Å². The molecule has 2 aliphatic heterocycles. The van der Waals surface area contributed by atoms with E-state index in [2.05, 4.69) is 48.4 Å². The van der Waals surface area contributed by atoms with Crippen LogP contribution in [-0.2, 0) is 39.4 Å². The molecular formula is C30H30N4O5S2. The highest BCUT2D eigenvalue weighted by Gasteiger charge is 2.33. The van der Waals surface area contributed by atoms with E-state index in [1.54, 1.807) is 30.3 Å². The van der Waals surface area contributed by atoms with Gasteiger partial charge in [-0.2, -0.15) is 12.7 Å². The Morgan fingerprint density at radius 2 is 1.61 bits per heavy atom. The second-order valence-corrected chi connectivity index (χ2v) is 12.9. The molecule has 0 saturated carbocycles. The van der Waals surface area contributed by atoms with Crippen LogP contribution >= 0.6 is 11.8 Å². The van der Waals surface area contributed by atoms with Gasteiger partial charge in [-0.15, -0.1) is 0 Å². The number of nitrogens with one attached hydrogen (secondary N) is 2. The molecule has 41 heavy (non-hydrogen) atoms. The summed E-state index contributed by atoms with van der Waals surface area (Å²) in [6.07, 6.45) is 2.86. The highest BCUT2D eigenvalue weighted by Crippen LogP contribution is 2.29. The number of hydrogen-bond donors (Lipinski definition) is 2. The molecule has 0 aliphatic carbocycles. The lowest BCUT2D eigenvalue weighted by molar-refractivity contribution is -0.118. The van der Waals surface area contributed by atoms with Crippen molar-refractivity contribution in [2.75, 3.05) is 6.54 Å². The van der Waals surface area contributed by atoms with Crippen molar-refractivity contribution in [3.63, 3.8) is 0 Å². The van der Waals surface area contributed by atoms with E-state index in [0.717, 1.165) is 27.6 Å². The van der Waals surface area contributed by atoms with Crippen molar-refractivity contribution in [1.29, 1.82) is 0 Å². The smallest absolute Gasteiger partial charge is 0.304 e. The SMILES string of the molecule is CC(C)Cc1ccc(COc2ccc(/C=C3/SC(=Nc4ccc(CN5CC(=O)NS5(=O)=O)cc4)NC3=O)cc2)cc1. The van der Waals surface area contributed by atoms with Crippen LogP contribution in [0, 0.1) is 5.92 Å². The van der Waals surface area contributed by atoms with Crippen LogP contribution in [0.3, 0.4) is 0 Å². The van der Waals surface area contributed by atoms with E-state index in [1.165, 1.54) is 17.3 Å². The maximum absolute atomic E-state index is 12.5. The third-order valence-electron chi connectivity index (χ3n) is 6.33. The summed E-state index contributed by atoms with van der Waals surface area (Å²) < 4.78 is 32.8. The highest BCUT2D eigenvalue weighted by atomic mass is 32.2. The van der Waals surface area contributed by atoms with Gasteiger partial charge in [-0.25, -0.2) is 9.71 Å². The van der Waals surface area contributed by atoms with Crippen LogP contribution in [0.15, 0.2) is 82.7 Å². The first-order valence-corrected chi connectivity index (χ1v) is 15.4. The monoisotopic (exact) mass is 590 g/mol. The summed E-state index contributed by atoms with van der Waals surface area (Å²) in [6, 6.07) is 23.0. The summed E-state index contributed by atoms with van der Waals surface area (Å²) in [6.45, 7) is 4.78. The molecule has 2 heterocycles. The Hall–Kier alpha value is -3.93. The minimum atomic E-state index is -3.78. The molecule has 2 aliphatic rings. The fourth-order valence-electron chi connectivity index (χ4n) is 4.33. The number of ether oxygens (including phenoxy) is 1. The Kier molecular flexibility index (Phi) is 8.57. The van der Waals surface area contributed by atoms with Gasteiger partial charge in [-0.1, -0.05) is 62.4 Å². The standard InChI is InChI=1S/C30H30N4O5S2/c1-20(2)15-21-3-5-24(6-4-21)19-39-26-13-9-22(10-14-26)16-27-29(36)32-30(40-27)31-25-11-7-23(8-12-25)17-34-18-28(35)33-41(34,37)38/h3-14,16,20H,15,17-19H2,1-2H3,(H,33,35)(H,31,32,36)/b27-16+. The van der Waals surface area contributed by atoms with Gasteiger partial charge in [-0.05, 0) is 76.7 Å². The second kappa shape index (κ2) is 12.3. The van der Waals surface area contributed by atoms with Crippen LogP contribution in [0.2, 0.25) is 0 Å². The van der Waals surface area contributed by atoms with Crippen molar-refractivity contribution >= 4 is 50.7 Å². The summed E-state index contributed by atoms with van der Waals surface area (Å²) in [5, 5.41) is 3.22. The maximum Gasteiger partial charge on any atom is 0.304 e. The lowest BCUT2D eigenvalue weighted by Gasteiger charge is -2.12. The Morgan fingerprint density at radius 1 is 0.951 bits per heavy atom. The molecule has 0 radical (unpaired) electrons. The zero-order chi connectivity index (χ0) is 29.0. The summed E-state index contributed by atoms with van der Waals surface area (Å²) in [4.78, 5) is 28.9. The number of benzene rings is 3. The molecule has 2 N–H and O–H groups in total. The van der Waals surface area contributed by atoms with Gasteiger partial charge in [0.2, 0.25) is 5.91 Å². The van der Waals surface area contributed by atoms with E-state index in [1.807, 2.05) is 29.0 Å². The molecule has 0 bridgehead atoms. The molecule has 5 rings (SSSR count). The molecule has 2 saturated heterocycles. The number of aliphatic imine (C=N–C) groups is 1. The molecule has 0 atom stereocenters. The molecule has 2 fully saturated rings. The van der Waals surface area contributed by atoms with Crippen LogP contribution in [0.1, 0.15) is 36.1 Å². The van der Waals surface area contributed by atoms with E-state index in [0.29, 0.717) is 33.8 Å². The lowest BCUT2D eigenvalue weighted by atomic mass is 10.0. The van der Waals surface area contributed by atoms with Crippen LogP contribution in [-0.4, -0.2) is 36.2 Å². The van der Waals surface area contributed by atoms with Gasteiger partial charge in [0.05, 0.1) is 17.1 Å². The molecule has 2 amide bonds. The summed E-state index contributed by atoms with van der Waals surface area (Å²) in [5.74, 6) is 0.593. The predicted octanol–water partition coefficient (Wildman–Crippen LogP) is 4.53. The molecule has 212 valence electrons. The number of amidine groups is 1. The Labute approximate surface area is 243 Å². The van der Waals surface area contributed by atoms with Gasteiger partial charge in [-0.3, -0.25) is 9.59 Å². The van der Waals surface area contributed by atoms with Crippen molar-refractivity contribution in [3.05, 3.63) is 100.0 Å². The number of carbonyl (C=O) groups is 2. The van der Waals surface area contributed by atoms with Crippen LogP contribution < -0.4 is 14.8 Å². The van der Waals surface area contributed by atoms with Gasteiger partial charge in [0.25, 0.3) is 5.91 Å². The average Bonchev–Trinajstić information content (AvgIpc) is 3.40. The quantitative estimate of drug-likeness (QED) is 0.354. The van der Waals surface area contributed by atoms with Gasteiger partial charge >= 0.3 is 10.2 Å². The van der Waals surface area contributed by atoms with Gasteiger partial charge in [0.1, 0.15) is 12.4 Å². The molecule has 0 aromatic heterocycles. The van der Waals surface area contributed by atoms with Gasteiger partial charge in [0, 0.05) is 6.54 Å². The average molecular weight is 591 g/mol. The van der Waals surface area contributed by atoms with Crippen molar-refractivity contribution in [1.82, 2.24) is 14.3 Å². The van der Waals surface area contributed by atoms with Crippen molar-refractivity contribution < 1.29 is 22.7 Å². The maximum atomic E-state index is 12.5. The number of carbonyl (C=O) groups excluding carboxylic acids is 2. The zero-order valence-electron chi connectivity index (χ0n) is 22.7. The van der Waals surface area contributed by atoms with E-state index in [9.17, 15) is 18.0 Å². The van der Waals surface area contributed by atoms with Crippen molar-refractivity contribution in [2.24, 2.45) is 10.9 Å². The van der Waals surface area contributed by atoms with E-state index < -0.39 is 16.1 Å². The van der Waals surface area contributed by atoms with Crippen molar-refractivity contribution in [3.8, 4) is 5.75 Å². The highest BCUT2D eigenvalue weighted by molar-refractivity contribution is 8.18. The zero-order valence-corrected chi connectivity index (χ0v) is 24.3. The first-order chi connectivity index (χ1) is 19.6. The molecule has 3 aromatic rings. The molecule has 11 heteroatoms. The largest absolute Gasteiger partial charge is 0.489 e. The molecule has 0 spiro atoms. The topological polar surface area (TPSA) is 117 Å². The van der Waals surface area contributed by atoms with Gasteiger partial charge < -0.3 is 10.1 Å². The minimum absolute atomic E-state index is 0.0751. The number of hydrogen-bond acceptors (Lipinski definition) is 7. The molecule has 3 aromatic carbocycles. The van der Waals surface area contributed by atoms with Crippen LogP contribution in [0.25, 0.3) is 6.08 Å². The van der Waals surface area contributed by atoms with Gasteiger partial charge in [0.15, 0.2) is 5.17 Å². The summed E-state index contributed by atoms with van der Waals surface area (Å²) in [7, 11) is -3.78. The summed E-state index contributed by atoms with van der Waals surface area (Å²) in [5.41, 5.74) is 4.61. The second-order valence-electron chi connectivity index (χ2n) is 10.2. The van der Waals surface area contributed by atoms with E-state index >= 15 is 0 Å². The number of rotatable bonds is 9. The molecule has 9 nitrogen and oxygen atoms in total. The molecular weight excluding hydrogens is 560 g/mol. The third kappa shape index (κ3) is 7.63. The van der Waals surface area contributed by atoms with Crippen LogP contribution in [0.5, 0.6) is 5.75 Å². The lowest BCUT2D eigenvalue weighted by Crippen LogP contribution is -2.29. The van der Waals surface area contributed by atoms with E-state index in [4.69, 9.17) is 4.74 Å². The fourth-order valence-corrected chi connectivity index (χ4v) is 6.25. The first kappa shape index (κ1) is 28.6. The fraction of sp³-hybridized carbons (Fsp3) is 0.233. The number of thioether (sulfide) groups is 1. The Balaban J connectivity index is 1.16.